The fraction of sp³-hybridized carbons (Fsp3) is 0.500. The Balaban J connectivity index is 2.30. The third-order valence-electron chi connectivity index (χ3n) is 2.67. The summed E-state index contributed by atoms with van der Waals surface area (Å²) in [6.45, 7) is 6.67. The highest BCUT2D eigenvalue weighted by Gasteiger charge is 2.15. The SMILES string of the molecule is BCCOc1ccc(C(=O)NCCNC(=O)OC(C)(C)C)cc1. The molecule has 0 fully saturated rings. The van der Waals surface area contributed by atoms with Gasteiger partial charge >= 0.3 is 6.09 Å². The van der Waals surface area contributed by atoms with Gasteiger partial charge in [0, 0.05) is 18.7 Å². The largest absolute Gasteiger partial charge is 0.494 e. The Morgan fingerprint density at radius 3 is 2.26 bits per heavy atom. The molecule has 0 bridgehead atoms. The molecule has 0 spiro atoms. The number of amides is 2. The van der Waals surface area contributed by atoms with Crippen LogP contribution in [0.3, 0.4) is 0 Å². The number of ether oxygens (including phenoxy) is 2. The zero-order valence-electron chi connectivity index (χ0n) is 14.3. The average molecular weight is 320 g/mol. The third kappa shape index (κ3) is 8.14. The molecule has 1 aromatic carbocycles. The highest BCUT2D eigenvalue weighted by Crippen LogP contribution is 2.12. The molecule has 0 aliphatic heterocycles. The second kappa shape index (κ2) is 9.07. The molecule has 0 saturated heterocycles. The molecule has 0 saturated carbocycles. The molecular weight excluding hydrogens is 295 g/mol. The summed E-state index contributed by atoms with van der Waals surface area (Å²) in [5.41, 5.74) is 0.0145. The summed E-state index contributed by atoms with van der Waals surface area (Å²) in [6.07, 6.45) is 0.441. The van der Waals surface area contributed by atoms with Crippen molar-refractivity contribution in [3.8, 4) is 5.75 Å². The topological polar surface area (TPSA) is 76.7 Å². The van der Waals surface area contributed by atoms with Crippen molar-refractivity contribution in [1.29, 1.82) is 0 Å². The van der Waals surface area contributed by atoms with E-state index in [0.29, 0.717) is 25.3 Å². The predicted molar refractivity (Wildman–Crippen MR) is 91.9 cm³/mol. The lowest BCUT2D eigenvalue weighted by molar-refractivity contribution is 0.0526. The van der Waals surface area contributed by atoms with Gasteiger partial charge in [0.2, 0.25) is 0 Å². The van der Waals surface area contributed by atoms with E-state index < -0.39 is 11.7 Å². The summed E-state index contributed by atoms with van der Waals surface area (Å²) in [4.78, 5) is 23.4. The van der Waals surface area contributed by atoms with Crippen LogP contribution in [0, 0.1) is 0 Å². The van der Waals surface area contributed by atoms with Gasteiger partial charge in [0.1, 0.15) is 19.2 Å². The zero-order valence-corrected chi connectivity index (χ0v) is 14.3. The molecular formula is C16H25BN2O4. The number of benzene rings is 1. The van der Waals surface area contributed by atoms with E-state index >= 15 is 0 Å². The van der Waals surface area contributed by atoms with Gasteiger partial charge in [0.25, 0.3) is 5.91 Å². The number of nitrogens with one attached hydrogen (secondary N) is 2. The van der Waals surface area contributed by atoms with E-state index in [9.17, 15) is 9.59 Å². The Hall–Kier alpha value is -2.18. The van der Waals surface area contributed by atoms with Crippen molar-refractivity contribution in [3.63, 3.8) is 0 Å². The van der Waals surface area contributed by atoms with Gasteiger partial charge in [-0.2, -0.15) is 0 Å². The van der Waals surface area contributed by atoms with Gasteiger partial charge in [-0.15, -0.1) is 0 Å². The number of alkyl carbamates (subject to hydrolysis) is 1. The van der Waals surface area contributed by atoms with E-state index in [4.69, 9.17) is 9.47 Å². The van der Waals surface area contributed by atoms with Gasteiger partial charge in [-0.3, -0.25) is 4.79 Å². The number of hydrogen-bond donors (Lipinski definition) is 2. The Morgan fingerprint density at radius 1 is 1.09 bits per heavy atom. The van der Waals surface area contributed by atoms with Crippen LogP contribution in [0.5, 0.6) is 5.75 Å². The van der Waals surface area contributed by atoms with Crippen molar-refractivity contribution in [2.24, 2.45) is 0 Å². The molecule has 0 aromatic heterocycles. The first-order valence-electron chi connectivity index (χ1n) is 7.79. The minimum atomic E-state index is -0.533. The van der Waals surface area contributed by atoms with Crippen LogP contribution in [-0.2, 0) is 4.74 Å². The molecule has 0 aliphatic carbocycles. The first-order chi connectivity index (χ1) is 10.8. The average Bonchev–Trinajstić information content (AvgIpc) is 2.48. The van der Waals surface area contributed by atoms with Crippen molar-refractivity contribution in [2.45, 2.75) is 32.7 Å². The molecule has 0 radical (unpaired) electrons. The Morgan fingerprint density at radius 2 is 1.70 bits per heavy atom. The minimum Gasteiger partial charge on any atom is -0.494 e. The summed E-state index contributed by atoms with van der Waals surface area (Å²) in [7, 11) is 2.03. The number of rotatable bonds is 7. The van der Waals surface area contributed by atoms with Crippen LogP contribution >= 0.6 is 0 Å². The normalized spacial score (nSPS) is 10.7. The van der Waals surface area contributed by atoms with Gasteiger partial charge in [-0.1, -0.05) is 0 Å². The first kappa shape index (κ1) is 18.9. The summed E-state index contributed by atoms with van der Waals surface area (Å²) < 4.78 is 10.6. The quantitative estimate of drug-likeness (QED) is 0.588. The fourth-order valence-electron chi connectivity index (χ4n) is 1.68. The standard InChI is InChI=1S/C16H25BN2O4/c1-16(2,3)23-15(21)19-10-9-18-14(20)12-4-6-13(7-5-12)22-11-8-17/h4-7H,8-11,17H2,1-3H3,(H,18,20)(H,19,21). The number of hydrogen-bond acceptors (Lipinski definition) is 4. The van der Waals surface area contributed by atoms with Crippen molar-refractivity contribution in [1.82, 2.24) is 10.6 Å². The summed E-state index contributed by atoms with van der Waals surface area (Å²) in [6, 6.07) is 6.95. The summed E-state index contributed by atoms with van der Waals surface area (Å²) in [5, 5.41) is 5.31. The summed E-state index contributed by atoms with van der Waals surface area (Å²) in [5.74, 6) is 0.549. The van der Waals surface area contributed by atoms with Crippen LogP contribution in [-0.4, -0.2) is 45.1 Å². The monoisotopic (exact) mass is 320 g/mol. The van der Waals surface area contributed by atoms with Crippen molar-refractivity contribution in [3.05, 3.63) is 29.8 Å². The van der Waals surface area contributed by atoms with E-state index in [1.165, 1.54) is 0 Å². The maximum absolute atomic E-state index is 11.9. The zero-order chi connectivity index (χ0) is 17.3. The van der Waals surface area contributed by atoms with Gasteiger partial charge in [-0.25, -0.2) is 4.79 Å². The van der Waals surface area contributed by atoms with Crippen molar-refractivity contribution < 1.29 is 19.1 Å². The minimum absolute atomic E-state index is 0.196. The number of carbonyl (C=O) groups excluding carboxylic acids is 2. The van der Waals surface area contributed by atoms with Crippen LogP contribution in [0.2, 0.25) is 6.32 Å². The van der Waals surface area contributed by atoms with E-state index in [2.05, 4.69) is 10.6 Å². The second-order valence-corrected chi connectivity index (χ2v) is 6.06. The molecule has 6 nitrogen and oxygen atoms in total. The highest BCUT2D eigenvalue weighted by atomic mass is 16.6. The van der Waals surface area contributed by atoms with Crippen LogP contribution in [0.4, 0.5) is 4.79 Å². The molecule has 0 aliphatic rings. The highest BCUT2D eigenvalue weighted by molar-refractivity contribution is 6.08. The van der Waals surface area contributed by atoms with Crippen LogP contribution < -0.4 is 15.4 Å². The van der Waals surface area contributed by atoms with Gasteiger partial charge in [0.05, 0.1) is 6.61 Å². The maximum Gasteiger partial charge on any atom is 0.407 e. The van der Waals surface area contributed by atoms with Crippen molar-refractivity contribution in [2.75, 3.05) is 19.7 Å². The Bertz CT molecular complexity index is 512. The van der Waals surface area contributed by atoms with Crippen LogP contribution in [0.1, 0.15) is 31.1 Å². The van der Waals surface area contributed by atoms with E-state index in [-0.39, 0.29) is 5.91 Å². The van der Waals surface area contributed by atoms with Crippen LogP contribution in [0.15, 0.2) is 24.3 Å². The molecule has 0 unspecified atom stereocenters. The molecule has 1 rings (SSSR count). The molecule has 23 heavy (non-hydrogen) atoms. The molecule has 0 atom stereocenters. The lowest BCUT2D eigenvalue weighted by atomic mass is 10.1. The van der Waals surface area contributed by atoms with Crippen LogP contribution in [0.25, 0.3) is 0 Å². The lowest BCUT2D eigenvalue weighted by Gasteiger charge is -2.19. The Kier molecular flexibility index (Phi) is 7.45. The van der Waals surface area contributed by atoms with Gasteiger partial charge < -0.3 is 20.1 Å². The fourth-order valence-corrected chi connectivity index (χ4v) is 1.68. The first-order valence-corrected chi connectivity index (χ1v) is 7.79. The molecule has 2 N–H and O–H groups in total. The smallest absolute Gasteiger partial charge is 0.407 e. The van der Waals surface area contributed by atoms with Gasteiger partial charge in [0.15, 0.2) is 0 Å². The molecule has 0 heterocycles. The molecule has 2 amide bonds. The van der Waals surface area contributed by atoms with E-state index in [1.807, 2.05) is 7.85 Å². The number of carbonyl (C=O) groups is 2. The van der Waals surface area contributed by atoms with E-state index in [1.54, 1.807) is 45.0 Å². The predicted octanol–water partition coefficient (Wildman–Crippen LogP) is 1.37. The van der Waals surface area contributed by atoms with Gasteiger partial charge in [-0.05, 0) is 51.4 Å². The summed E-state index contributed by atoms with van der Waals surface area (Å²) >= 11 is 0. The maximum atomic E-state index is 11.9. The third-order valence-corrected chi connectivity index (χ3v) is 2.67. The van der Waals surface area contributed by atoms with Crippen molar-refractivity contribution >= 4 is 19.8 Å². The Labute approximate surface area is 138 Å². The van der Waals surface area contributed by atoms with E-state index in [0.717, 1.165) is 12.1 Å². The molecule has 7 heteroatoms. The lowest BCUT2D eigenvalue weighted by Crippen LogP contribution is -2.37. The molecule has 1 aromatic rings. The second-order valence-electron chi connectivity index (χ2n) is 6.06. The molecule has 126 valence electrons.